The van der Waals surface area contributed by atoms with E-state index in [1.807, 2.05) is 19.9 Å². The zero-order chi connectivity index (χ0) is 20.7. The molecule has 0 radical (unpaired) electrons. The highest BCUT2D eigenvalue weighted by Crippen LogP contribution is 2.23. The van der Waals surface area contributed by atoms with Crippen molar-refractivity contribution in [3.05, 3.63) is 35.9 Å². The summed E-state index contributed by atoms with van der Waals surface area (Å²) in [4.78, 5) is 37.4. The topological polar surface area (TPSA) is 84.5 Å². The lowest BCUT2D eigenvalue weighted by Crippen LogP contribution is -2.49. The molecule has 6 heteroatoms. The van der Waals surface area contributed by atoms with Crippen molar-refractivity contribution in [3.63, 3.8) is 0 Å². The lowest BCUT2D eigenvalue weighted by atomic mass is 9.86. The van der Waals surface area contributed by atoms with Crippen LogP contribution in [0.5, 0.6) is 0 Å². The highest BCUT2D eigenvalue weighted by molar-refractivity contribution is 5.97. The third-order valence-corrected chi connectivity index (χ3v) is 5.34. The Morgan fingerprint density at radius 1 is 1.04 bits per heavy atom. The number of amides is 2. The van der Waals surface area contributed by atoms with E-state index in [2.05, 4.69) is 17.6 Å². The highest BCUT2D eigenvalue weighted by atomic mass is 16.5. The van der Waals surface area contributed by atoms with Gasteiger partial charge in [-0.1, -0.05) is 51.8 Å². The van der Waals surface area contributed by atoms with Crippen molar-refractivity contribution < 1.29 is 19.1 Å². The lowest BCUT2D eigenvalue weighted by Gasteiger charge is -2.30. The quantitative estimate of drug-likeness (QED) is 0.703. The van der Waals surface area contributed by atoms with E-state index in [-0.39, 0.29) is 23.8 Å². The van der Waals surface area contributed by atoms with Gasteiger partial charge in [0, 0.05) is 11.6 Å². The number of ether oxygens (including phenoxy) is 1. The molecular weight excluding hydrogens is 356 g/mol. The molecule has 0 heterocycles. The Kier molecular flexibility index (Phi) is 8.03. The lowest BCUT2D eigenvalue weighted by molar-refractivity contribution is -0.158. The molecule has 0 saturated heterocycles. The molecule has 2 N–H and O–H groups in total. The van der Waals surface area contributed by atoms with Crippen molar-refractivity contribution in [1.29, 1.82) is 0 Å². The molecule has 1 saturated carbocycles. The standard InChI is InChI=1S/C22H32N2O4/c1-14(2)19(24-21(26)17-11-6-5-7-12-17)22(27)28-16(4)20(25)23-18-13-9-8-10-15(18)3/h5-7,11-12,14-16,18-19H,8-10,13H2,1-4H3,(H,23,25)(H,24,26)/t15?,16?,18?,19-/m0/s1. The molecule has 0 spiro atoms. The van der Waals surface area contributed by atoms with Crippen LogP contribution in [0.1, 0.15) is 63.7 Å². The third kappa shape index (κ3) is 6.08. The van der Waals surface area contributed by atoms with Crippen molar-refractivity contribution in [2.75, 3.05) is 0 Å². The first-order valence-electron chi connectivity index (χ1n) is 10.2. The van der Waals surface area contributed by atoms with Gasteiger partial charge in [-0.15, -0.1) is 0 Å². The molecule has 28 heavy (non-hydrogen) atoms. The van der Waals surface area contributed by atoms with E-state index in [0.717, 1.165) is 19.3 Å². The van der Waals surface area contributed by atoms with Crippen molar-refractivity contribution in [1.82, 2.24) is 10.6 Å². The second kappa shape index (κ2) is 10.2. The summed E-state index contributed by atoms with van der Waals surface area (Å²) in [5.74, 6) is -0.977. The number of carbonyl (C=O) groups is 3. The van der Waals surface area contributed by atoms with Crippen LogP contribution in [0.15, 0.2) is 30.3 Å². The fourth-order valence-corrected chi connectivity index (χ4v) is 3.44. The third-order valence-electron chi connectivity index (χ3n) is 5.34. The second-order valence-electron chi connectivity index (χ2n) is 8.02. The van der Waals surface area contributed by atoms with Crippen LogP contribution in [0.4, 0.5) is 0 Å². The first-order valence-corrected chi connectivity index (χ1v) is 10.2. The van der Waals surface area contributed by atoms with Crippen molar-refractivity contribution in [2.45, 2.75) is 71.6 Å². The van der Waals surface area contributed by atoms with E-state index in [4.69, 9.17) is 4.74 Å². The molecule has 6 nitrogen and oxygen atoms in total. The van der Waals surface area contributed by atoms with Gasteiger partial charge in [0.25, 0.3) is 11.8 Å². The summed E-state index contributed by atoms with van der Waals surface area (Å²) in [7, 11) is 0. The van der Waals surface area contributed by atoms with Gasteiger partial charge < -0.3 is 15.4 Å². The van der Waals surface area contributed by atoms with Crippen LogP contribution in [0.2, 0.25) is 0 Å². The van der Waals surface area contributed by atoms with Crippen molar-refractivity contribution in [3.8, 4) is 0 Å². The first-order chi connectivity index (χ1) is 13.3. The Morgan fingerprint density at radius 3 is 2.29 bits per heavy atom. The van der Waals surface area contributed by atoms with Gasteiger partial charge in [0.1, 0.15) is 6.04 Å². The largest absolute Gasteiger partial charge is 0.451 e. The van der Waals surface area contributed by atoms with Gasteiger partial charge in [-0.05, 0) is 43.7 Å². The minimum Gasteiger partial charge on any atom is -0.451 e. The SMILES string of the molecule is CC(OC(=O)[C@@H](NC(=O)c1ccccc1)C(C)C)C(=O)NC1CCCCC1C. The molecule has 0 aliphatic heterocycles. The van der Waals surface area contributed by atoms with Crippen LogP contribution in [0.3, 0.4) is 0 Å². The maximum Gasteiger partial charge on any atom is 0.329 e. The molecule has 1 aromatic carbocycles. The Labute approximate surface area is 167 Å². The second-order valence-corrected chi connectivity index (χ2v) is 8.02. The average molecular weight is 389 g/mol. The molecule has 1 aromatic rings. The number of benzene rings is 1. The summed E-state index contributed by atoms with van der Waals surface area (Å²) in [6, 6.07) is 8.00. The predicted octanol–water partition coefficient (Wildman–Crippen LogP) is 3.07. The fourth-order valence-electron chi connectivity index (χ4n) is 3.44. The fraction of sp³-hybridized carbons (Fsp3) is 0.591. The predicted molar refractivity (Wildman–Crippen MR) is 108 cm³/mol. The molecule has 3 unspecified atom stereocenters. The van der Waals surface area contributed by atoms with Gasteiger partial charge in [0.2, 0.25) is 0 Å². The van der Waals surface area contributed by atoms with Crippen LogP contribution >= 0.6 is 0 Å². The van der Waals surface area contributed by atoms with E-state index in [9.17, 15) is 14.4 Å². The Morgan fingerprint density at radius 2 is 1.68 bits per heavy atom. The van der Waals surface area contributed by atoms with E-state index in [0.29, 0.717) is 11.5 Å². The number of esters is 1. The average Bonchev–Trinajstić information content (AvgIpc) is 2.67. The van der Waals surface area contributed by atoms with Gasteiger partial charge >= 0.3 is 5.97 Å². The molecule has 1 aliphatic carbocycles. The van der Waals surface area contributed by atoms with Crippen LogP contribution in [-0.2, 0) is 14.3 Å². The Balaban J connectivity index is 1.93. The summed E-state index contributed by atoms with van der Waals surface area (Å²) in [6.07, 6.45) is 3.44. The van der Waals surface area contributed by atoms with E-state index in [1.54, 1.807) is 31.2 Å². The molecule has 1 fully saturated rings. The van der Waals surface area contributed by atoms with E-state index in [1.165, 1.54) is 6.42 Å². The van der Waals surface area contributed by atoms with Crippen LogP contribution in [-0.4, -0.2) is 36.0 Å². The minimum atomic E-state index is -0.906. The van der Waals surface area contributed by atoms with Crippen molar-refractivity contribution in [2.24, 2.45) is 11.8 Å². The molecule has 154 valence electrons. The minimum absolute atomic E-state index is 0.126. The number of rotatable bonds is 7. The number of carbonyl (C=O) groups excluding carboxylic acids is 3. The number of nitrogens with one attached hydrogen (secondary N) is 2. The van der Waals surface area contributed by atoms with Crippen molar-refractivity contribution >= 4 is 17.8 Å². The highest BCUT2D eigenvalue weighted by Gasteiger charge is 2.31. The first kappa shape index (κ1) is 21.9. The van der Waals surface area contributed by atoms with Gasteiger partial charge in [0.15, 0.2) is 6.10 Å². The summed E-state index contributed by atoms with van der Waals surface area (Å²) in [5.41, 5.74) is 0.470. The number of hydrogen-bond acceptors (Lipinski definition) is 4. The molecule has 0 aromatic heterocycles. The molecule has 4 atom stereocenters. The maximum atomic E-state index is 12.6. The Bertz CT molecular complexity index is 674. The summed E-state index contributed by atoms with van der Waals surface area (Å²) in [5, 5.41) is 5.73. The van der Waals surface area contributed by atoms with Gasteiger partial charge in [-0.3, -0.25) is 9.59 Å². The molecule has 2 amide bonds. The van der Waals surface area contributed by atoms with Crippen LogP contribution in [0, 0.1) is 11.8 Å². The normalized spacial score (nSPS) is 21.5. The van der Waals surface area contributed by atoms with Crippen LogP contribution < -0.4 is 10.6 Å². The zero-order valence-corrected chi connectivity index (χ0v) is 17.2. The smallest absolute Gasteiger partial charge is 0.329 e. The Hall–Kier alpha value is -2.37. The van der Waals surface area contributed by atoms with Gasteiger partial charge in [0.05, 0.1) is 0 Å². The van der Waals surface area contributed by atoms with Gasteiger partial charge in [-0.25, -0.2) is 4.79 Å². The maximum absolute atomic E-state index is 12.6. The van der Waals surface area contributed by atoms with E-state index >= 15 is 0 Å². The molecule has 0 bridgehead atoms. The van der Waals surface area contributed by atoms with E-state index < -0.39 is 18.1 Å². The summed E-state index contributed by atoms with van der Waals surface area (Å²) < 4.78 is 5.38. The van der Waals surface area contributed by atoms with Gasteiger partial charge in [-0.2, -0.15) is 0 Å². The molecule has 2 rings (SSSR count). The zero-order valence-electron chi connectivity index (χ0n) is 17.2. The molecular formula is C22H32N2O4. The monoisotopic (exact) mass is 388 g/mol. The summed E-state index contributed by atoms with van der Waals surface area (Å²) >= 11 is 0. The summed E-state index contributed by atoms with van der Waals surface area (Å²) in [6.45, 7) is 7.35. The molecule has 1 aliphatic rings. The number of hydrogen-bond donors (Lipinski definition) is 2. The van der Waals surface area contributed by atoms with Crippen LogP contribution in [0.25, 0.3) is 0 Å².